The van der Waals surface area contributed by atoms with E-state index in [-0.39, 0.29) is 0 Å². The zero-order valence-electron chi connectivity index (χ0n) is 10.8. The summed E-state index contributed by atoms with van der Waals surface area (Å²) in [4.78, 5) is 8.68. The molecule has 1 aliphatic heterocycles. The summed E-state index contributed by atoms with van der Waals surface area (Å²) in [7, 11) is 0. The Bertz CT molecular complexity index is 356. The van der Waals surface area contributed by atoms with E-state index in [1.807, 2.05) is 13.0 Å². The molecule has 1 aromatic rings. The first kappa shape index (κ1) is 13.0. The largest absolute Gasteiger partial charge is 0.381 e. The highest BCUT2D eigenvalue weighted by Gasteiger charge is 2.14. The summed E-state index contributed by atoms with van der Waals surface area (Å²) in [6.45, 7) is 4.63. The quantitative estimate of drug-likeness (QED) is 0.538. The zero-order valence-corrected chi connectivity index (χ0v) is 10.8. The number of nitrogen functional groups attached to an aromatic ring is 1. The second kappa shape index (κ2) is 6.51. The maximum absolute atomic E-state index is 5.46. The van der Waals surface area contributed by atoms with Crippen LogP contribution in [0.15, 0.2) is 6.07 Å². The molecule has 1 fully saturated rings. The molecule has 1 atom stereocenters. The van der Waals surface area contributed by atoms with Gasteiger partial charge in [-0.1, -0.05) is 6.92 Å². The number of rotatable bonds is 5. The van der Waals surface area contributed by atoms with Gasteiger partial charge in [-0.25, -0.2) is 15.8 Å². The van der Waals surface area contributed by atoms with Gasteiger partial charge in [0.15, 0.2) is 0 Å². The third-order valence-electron chi connectivity index (χ3n) is 3.06. The SMILES string of the molecule is CCc1nc(NN)cc(NCC2CCCOC2)n1. The van der Waals surface area contributed by atoms with Crippen molar-refractivity contribution < 1.29 is 4.74 Å². The number of hydrazine groups is 1. The van der Waals surface area contributed by atoms with Crippen LogP contribution >= 0.6 is 0 Å². The number of aromatic nitrogens is 2. The molecule has 0 aromatic carbocycles. The third-order valence-corrected chi connectivity index (χ3v) is 3.06. The summed E-state index contributed by atoms with van der Waals surface area (Å²) >= 11 is 0. The van der Waals surface area contributed by atoms with Gasteiger partial charge in [0.25, 0.3) is 0 Å². The molecule has 1 saturated heterocycles. The van der Waals surface area contributed by atoms with E-state index in [4.69, 9.17) is 10.6 Å². The van der Waals surface area contributed by atoms with Gasteiger partial charge >= 0.3 is 0 Å². The lowest BCUT2D eigenvalue weighted by molar-refractivity contribution is 0.0595. The molecule has 0 aliphatic carbocycles. The number of aryl methyl sites for hydroxylation is 1. The second-order valence-electron chi connectivity index (χ2n) is 4.52. The summed E-state index contributed by atoms with van der Waals surface area (Å²) in [6, 6.07) is 1.82. The Balaban J connectivity index is 1.94. The molecule has 6 nitrogen and oxygen atoms in total. The maximum atomic E-state index is 5.46. The Kier molecular flexibility index (Phi) is 4.72. The summed E-state index contributed by atoms with van der Waals surface area (Å²) in [6.07, 6.45) is 3.14. The van der Waals surface area contributed by atoms with E-state index in [0.29, 0.717) is 11.7 Å². The summed E-state index contributed by atoms with van der Waals surface area (Å²) in [5.41, 5.74) is 2.56. The van der Waals surface area contributed by atoms with Gasteiger partial charge in [-0.2, -0.15) is 0 Å². The van der Waals surface area contributed by atoms with Crippen molar-refractivity contribution in [1.29, 1.82) is 0 Å². The summed E-state index contributed by atoms with van der Waals surface area (Å²) < 4.78 is 5.46. The molecule has 1 unspecified atom stereocenters. The van der Waals surface area contributed by atoms with E-state index < -0.39 is 0 Å². The molecule has 1 aliphatic rings. The number of hydrogen-bond donors (Lipinski definition) is 3. The van der Waals surface area contributed by atoms with Crippen LogP contribution < -0.4 is 16.6 Å². The summed E-state index contributed by atoms with van der Waals surface area (Å²) in [5, 5.41) is 3.34. The number of ether oxygens (including phenoxy) is 1. The lowest BCUT2D eigenvalue weighted by atomic mass is 10.0. The van der Waals surface area contributed by atoms with Gasteiger partial charge in [0.05, 0.1) is 6.61 Å². The Morgan fingerprint density at radius 3 is 2.94 bits per heavy atom. The van der Waals surface area contributed by atoms with Crippen molar-refractivity contribution in [1.82, 2.24) is 9.97 Å². The van der Waals surface area contributed by atoms with Crippen LogP contribution in [0, 0.1) is 5.92 Å². The first-order chi connectivity index (χ1) is 8.81. The van der Waals surface area contributed by atoms with Crippen molar-refractivity contribution in [2.24, 2.45) is 11.8 Å². The van der Waals surface area contributed by atoms with E-state index in [0.717, 1.165) is 44.2 Å². The monoisotopic (exact) mass is 251 g/mol. The fourth-order valence-electron chi connectivity index (χ4n) is 2.04. The van der Waals surface area contributed by atoms with Gasteiger partial charge in [-0.05, 0) is 18.8 Å². The van der Waals surface area contributed by atoms with E-state index in [1.165, 1.54) is 6.42 Å². The third kappa shape index (κ3) is 3.54. The number of hydrogen-bond acceptors (Lipinski definition) is 6. The van der Waals surface area contributed by atoms with E-state index in [9.17, 15) is 0 Å². The fraction of sp³-hybridized carbons (Fsp3) is 0.667. The normalized spacial score (nSPS) is 19.6. The number of nitrogens with two attached hydrogens (primary N) is 1. The van der Waals surface area contributed by atoms with Crippen LogP contribution in [0.5, 0.6) is 0 Å². The molecule has 0 radical (unpaired) electrons. The van der Waals surface area contributed by atoms with Gasteiger partial charge in [0.1, 0.15) is 17.5 Å². The van der Waals surface area contributed by atoms with Crippen molar-refractivity contribution in [2.75, 3.05) is 30.5 Å². The average Bonchev–Trinajstić information content (AvgIpc) is 2.45. The smallest absolute Gasteiger partial charge is 0.145 e. The second-order valence-corrected chi connectivity index (χ2v) is 4.52. The molecule has 0 bridgehead atoms. The maximum Gasteiger partial charge on any atom is 0.145 e. The van der Waals surface area contributed by atoms with Crippen molar-refractivity contribution in [2.45, 2.75) is 26.2 Å². The molecule has 2 rings (SSSR count). The van der Waals surface area contributed by atoms with Crippen molar-refractivity contribution in [3.8, 4) is 0 Å². The van der Waals surface area contributed by atoms with Crippen LogP contribution in [-0.2, 0) is 11.2 Å². The van der Waals surface area contributed by atoms with Crippen molar-refractivity contribution in [3.05, 3.63) is 11.9 Å². The van der Waals surface area contributed by atoms with Crippen LogP contribution in [0.2, 0.25) is 0 Å². The highest BCUT2D eigenvalue weighted by molar-refractivity contribution is 5.46. The Morgan fingerprint density at radius 2 is 2.28 bits per heavy atom. The van der Waals surface area contributed by atoms with Crippen LogP contribution in [0.4, 0.5) is 11.6 Å². The van der Waals surface area contributed by atoms with E-state index in [2.05, 4.69) is 20.7 Å². The van der Waals surface area contributed by atoms with Gasteiger partial charge < -0.3 is 15.5 Å². The molecule has 6 heteroatoms. The average molecular weight is 251 g/mol. The summed E-state index contributed by atoms with van der Waals surface area (Å²) in [5.74, 6) is 8.20. The van der Waals surface area contributed by atoms with Crippen LogP contribution in [0.1, 0.15) is 25.6 Å². The predicted octanol–water partition coefficient (Wildman–Crippen LogP) is 1.16. The molecule has 2 heterocycles. The molecule has 0 spiro atoms. The molecule has 1 aromatic heterocycles. The molecule has 18 heavy (non-hydrogen) atoms. The van der Waals surface area contributed by atoms with Crippen LogP contribution in [-0.4, -0.2) is 29.7 Å². The minimum atomic E-state index is 0.563. The van der Waals surface area contributed by atoms with Crippen LogP contribution in [0.3, 0.4) is 0 Å². The molecular formula is C12H21N5O. The lowest BCUT2D eigenvalue weighted by Crippen LogP contribution is -2.24. The molecule has 100 valence electrons. The highest BCUT2D eigenvalue weighted by Crippen LogP contribution is 2.16. The Hall–Kier alpha value is -1.40. The molecule has 0 amide bonds. The standard InChI is InChI=1S/C12H21N5O/c1-2-10-15-11(6-12(16-10)17-13)14-7-9-4-3-5-18-8-9/h6,9H,2-5,7-8,13H2,1H3,(H2,14,15,16,17). The zero-order chi connectivity index (χ0) is 12.8. The minimum Gasteiger partial charge on any atom is -0.381 e. The number of nitrogens with one attached hydrogen (secondary N) is 2. The van der Waals surface area contributed by atoms with Crippen molar-refractivity contribution >= 4 is 11.6 Å². The Labute approximate surface area is 107 Å². The lowest BCUT2D eigenvalue weighted by Gasteiger charge is -2.22. The van der Waals surface area contributed by atoms with Gasteiger partial charge in [-0.15, -0.1) is 0 Å². The van der Waals surface area contributed by atoms with Crippen molar-refractivity contribution in [3.63, 3.8) is 0 Å². The first-order valence-electron chi connectivity index (χ1n) is 6.48. The molecular weight excluding hydrogens is 230 g/mol. The van der Waals surface area contributed by atoms with E-state index >= 15 is 0 Å². The van der Waals surface area contributed by atoms with Gasteiger partial charge in [0.2, 0.25) is 0 Å². The highest BCUT2D eigenvalue weighted by atomic mass is 16.5. The number of anilines is 2. The number of nitrogens with zero attached hydrogens (tertiary/aromatic N) is 2. The molecule has 4 N–H and O–H groups in total. The fourth-order valence-corrected chi connectivity index (χ4v) is 2.04. The van der Waals surface area contributed by atoms with Gasteiger partial charge in [-0.3, -0.25) is 0 Å². The van der Waals surface area contributed by atoms with Crippen LogP contribution in [0.25, 0.3) is 0 Å². The predicted molar refractivity (Wildman–Crippen MR) is 71.3 cm³/mol. The topological polar surface area (TPSA) is 85.1 Å². The first-order valence-corrected chi connectivity index (χ1v) is 6.48. The van der Waals surface area contributed by atoms with E-state index in [1.54, 1.807) is 0 Å². The molecule has 0 saturated carbocycles. The van der Waals surface area contributed by atoms with Gasteiger partial charge in [0, 0.05) is 25.6 Å². The Morgan fingerprint density at radius 1 is 1.44 bits per heavy atom. The minimum absolute atomic E-state index is 0.563.